The van der Waals surface area contributed by atoms with Crippen LogP contribution in [0.25, 0.3) is 0 Å². The van der Waals surface area contributed by atoms with Gasteiger partial charge in [-0.25, -0.2) is 4.99 Å². The molecule has 0 aliphatic carbocycles. The van der Waals surface area contributed by atoms with Crippen molar-refractivity contribution in [2.24, 2.45) is 4.99 Å². The minimum Gasteiger partial charge on any atom is -0.494 e. The van der Waals surface area contributed by atoms with Crippen LogP contribution in [0.3, 0.4) is 0 Å². The lowest BCUT2D eigenvalue weighted by atomic mass is 10.1. The van der Waals surface area contributed by atoms with Crippen LogP contribution in [0.2, 0.25) is 0 Å². The second kappa shape index (κ2) is 11.6. The van der Waals surface area contributed by atoms with Crippen LogP contribution in [0, 0.1) is 0 Å². The van der Waals surface area contributed by atoms with Crippen molar-refractivity contribution in [3.63, 3.8) is 0 Å². The lowest BCUT2D eigenvalue weighted by Gasteiger charge is -2.32. The van der Waals surface area contributed by atoms with E-state index in [-0.39, 0.29) is 30.1 Å². The number of aliphatic imine (C=N–C) groups is 1. The van der Waals surface area contributed by atoms with E-state index in [1.165, 1.54) is 12.0 Å². The van der Waals surface area contributed by atoms with E-state index >= 15 is 0 Å². The number of rotatable bonds is 6. The zero-order valence-electron chi connectivity index (χ0n) is 19.1. The Morgan fingerprint density at radius 1 is 1.23 bits per heavy atom. The van der Waals surface area contributed by atoms with Gasteiger partial charge in [-0.05, 0) is 39.3 Å². The number of hydrogen-bond acceptors (Lipinski definition) is 5. The van der Waals surface area contributed by atoms with Crippen molar-refractivity contribution < 1.29 is 14.2 Å². The van der Waals surface area contributed by atoms with Crippen molar-refractivity contribution in [3.8, 4) is 11.5 Å². The van der Waals surface area contributed by atoms with E-state index in [0.717, 1.165) is 75.4 Å². The van der Waals surface area contributed by atoms with Gasteiger partial charge in [-0.3, -0.25) is 4.90 Å². The molecule has 0 spiro atoms. The lowest BCUT2D eigenvalue weighted by molar-refractivity contribution is 0.0195. The number of fused-ring (bicyclic) bond motifs is 1. The fraction of sp³-hybridized carbons (Fsp3) is 0.696. The molecule has 4 rings (SSSR count). The Morgan fingerprint density at radius 2 is 2.03 bits per heavy atom. The smallest absolute Gasteiger partial charge is 0.194 e. The number of nitrogens with one attached hydrogen (secondary N) is 1. The third-order valence-corrected chi connectivity index (χ3v) is 6.14. The van der Waals surface area contributed by atoms with Crippen molar-refractivity contribution in [2.45, 2.75) is 52.3 Å². The summed E-state index contributed by atoms with van der Waals surface area (Å²) in [6, 6.07) is 4.86. The first-order valence-electron chi connectivity index (χ1n) is 11.5. The van der Waals surface area contributed by atoms with Crippen LogP contribution in [0.15, 0.2) is 17.1 Å². The molecular weight excluding hydrogens is 507 g/mol. The van der Waals surface area contributed by atoms with Crippen molar-refractivity contribution in [3.05, 3.63) is 23.3 Å². The molecule has 2 saturated heterocycles. The zero-order chi connectivity index (χ0) is 20.9. The molecule has 7 nitrogen and oxygen atoms in total. The zero-order valence-corrected chi connectivity index (χ0v) is 21.4. The topological polar surface area (TPSA) is 58.6 Å². The highest BCUT2D eigenvalue weighted by Crippen LogP contribution is 2.35. The second-order valence-electron chi connectivity index (χ2n) is 8.34. The summed E-state index contributed by atoms with van der Waals surface area (Å²) < 4.78 is 17.4. The Labute approximate surface area is 203 Å². The lowest BCUT2D eigenvalue weighted by Crippen LogP contribution is -2.46. The van der Waals surface area contributed by atoms with Gasteiger partial charge in [-0.1, -0.05) is 0 Å². The van der Waals surface area contributed by atoms with Gasteiger partial charge >= 0.3 is 0 Å². The minimum atomic E-state index is 0. The van der Waals surface area contributed by atoms with Crippen LogP contribution in [-0.2, 0) is 17.7 Å². The molecule has 0 radical (unpaired) electrons. The van der Waals surface area contributed by atoms with Gasteiger partial charge in [0, 0.05) is 56.3 Å². The highest BCUT2D eigenvalue weighted by molar-refractivity contribution is 14.0. The Hall–Kier alpha value is -1.26. The van der Waals surface area contributed by atoms with E-state index < -0.39 is 0 Å². The predicted octanol–water partition coefficient (Wildman–Crippen LogP) is 2.90. The average Bonchev–Trinajstić information content (AvgIpc) is 3.38. The number of ether oxygens (including phenoxy) is 3. The Bertz CT molecular complexity index is 755. The average molecular weight is 544 g/mol. The normalized spacial score (nSPS) is 23.8. The highest BCUT2D eigenvalue weighted by atomic mass is 127. The monoisotopic (exact) mass is 544 g/mol. The van der Waals surface area contributed by atoms with Gasteiger partial charge in [-0.15, -0.1) is 24.0 Å². The number of hydrogen-bond donors (Lipinski definition) is 1. The largest absolute Gasteiger partial charge is 0.494 e. The maximum Gasteiger partial charge on any atom is 0.194 e. The molecule has 1 aromatic carbocycles. The van der Waals surface area contributed by atoms with E-state index in [4.69, 9.17) is 19.2 Å². The fourth-order valence-electron chi connectivity index (χ4n) is 4.66. The van der Waals surface area contributed by atoms with Crippen LogP contribution >= 0.6 is 24.0 Å². The summed E-state index contributed by atoms with van der Waals surface area (Å²) in [6.07, 6.45) is 2.35. The Balaban J connectivity index is 0.00000272. The first kappa shape index (κ1) is 24.4. The van der Waals surface area contributed by atoms with E-state index in [2.05, 4.69) is 41.1 Å². The third kappa shape index (κ3) is 5.96. The number of guanidine groups is 1. The van der Waals surface area contributed by atoms with Crippen molar-refractivity contribution >= 4 is 29.9 Å². The number of benzene rings is 1. The van der Waals surface area contributed by atoms with Gasteiger partial charge in [0.2, 0.25) is 0 Å². The molecule has 2 unspecified atom stereocenters. The van der Waals surface area contributed by atoms with E-state index in [9.17, 15) is 0 Å². The molecule has 2 fully saturated rings. The summed E-state index contributed by atoms with van der Waals surface area (Å²) in [5.41, 5.74) is 2.32. The molecule has 1 N–H and O–H groups in total. The predicted molar refractivity (Wildman–Crippen MR) is 134 cm³/mol. The third-order valence-electron chi connectivity index (χ3n) is 6.14. The number of nitrogens with zero attached hydrogens (tertiary/aromatic N) is 3. The molecule has 8 heteroatoms. The summed E-state index contributed by atoms with van der Waals surface area (Å²) in [4.78, 5) is 9.95. The molecule has 174 valence electrons. The summed E-state index contributed by atoms with van der Waals surface area (Å²) in [6.45, 7) is 14.2. The van der Waals surface area contributed by atoms with Crippen LogP contribution < -0.4 is 14.8 Å². The summed E-state index contributed by atoms with van der Waals surface area (Å²) in [5.74, 6) is 2.90. The van der Waals surface area contributed by atoms with Gasteiger partial charge < -0.3 is 24.4 Å². The van der Waals surface area contributed by atoms with Gasteiger partial charge in [0.25, 0.3) is 0 Å². The standard InChI is InChI=1S/C23H36N4O3.HI/c1-4-24-23(27-7-6-20(16-27)26-8-10-28-11-9-26)25-15-19-14-22-18(12-17(3)30-22)13-21(19)29-5-2;/h13-14,17,20H,4-12,15-16H2,1-3H3,(H,24,25);1H. The number of halogens is 1. The molecule has 0 amide bonds. The molecule has 1 aromatic rings. The van der Waals surface area contributed by atoms with Crippen LogP contribution in [-0.4, -0.2) is 80.4 Å². The van der Waals surface area contributed by atoms with Crippen molar-refractivity contribution in [1.82, 2.24) is 15.1 Å². The summed E-state index contributed by atoms with van der Waals surface area (Å²) >= 11 is 0. The molecule has 2 atom stereocenters. The van der Waals surface area contributed by atoms with Gasteiger partial charge in [0.15, 0.2) is 5.96 Å². The quantitative estimate of drug-likeness (QED) is 0.338. The van der Waals surface area contributed by atoms with Crippen molar-refractivity contribution in [2.75, 3.05) is 52.5 Å². The number of morpholine rings is 1. The fourth-order valence-corrected chi connectivity index (χ4v) is 4.66. The van der Waals surface area contributed by atoms with Crippen LogP contribution in [0.5, 0.6) is 11.5 Å². The Kier molecular flexibility index (Phi) is 9.09. The Morgan fingerprint density at radius 3 is 2.77 bits per heavy atom. The second-order valence-corrected chi connectivity index (χ2v) is 8.34. The van der Waals surface area contributed by atoms with Gasteiger partial charge in [0.05, 0.1) is 26.4 Å². The minimum absolute atomic E-state index is 0. The SMILES string of the molecule is CCNC(=NCc1cc2c(cc1OCC)CC(C)O2)N1CCC(N2CCOCC2)C1.I. The summed E-state index contributed by atoms with van der Waals surface area (Å²) in [5, 5.41) is 3.49. The molecule has 3 heterocycles. The first-order valence-corrected chi connectivity index (χ1v) is 11.5. The van der Waals surface area contributed by atoms with Crippen LogP contribution in [0.1, 0.15) is 38.3 Å². The van der Waals surface area contributed by atoms with Gasteiger partial charge in [-0.2, -0.15) is 0 Å². The van der Waals surface area contributed by atoms with E-state index in [0.29, 0.717) is 19.2 Å². The molecule has 0 bridgehead atoms. The molecular formula is C23H37IN4O3. The first-order chi connectivity index (χ1) is 14.7. The summed E-state index contributed by atoms with van der Waals surface area (Å²) in [7, 11) is 0. The molecule has 3 aliphatic heterocycles. The van der Waals surface area contributed by atoms with Crippen LogP contribution in [0.4, 0.5) is 0 Å². The van der Waals surface area contributed by atoms with Gasteiger partial charge in [0.1, 0.15) is 17.6 Å². The number of likely N-dealkylation sites (tertiary alicyclic amines) is 1. The highest BCUT2D eigenvalue weighted by Gasteiger charge is 2.30. The molecule has 3 aliphatic rings. The molecule has 0 saturated carbocycles. The molecule has 31 heavy (non-hydrogen) atoms. The van der Waals surface area contributed by atoms with Crippen molar-refractivity contribution in [1.29, 1.82) is 0 Å². The maximum absolute atomic E-state index is 5.97. The molecule has 0 aromatic heterocycles. The van der Waals surface area contributed by atoms with E-state index in [1.807, 2.05) is 6.92 Å². The maximum atomic E-state index is 5.97. The van der Waals surface area contributed by atoms with E-state index in [1.54, 1.807) is 0 Å².